The van der Waals surface area contributed by atoms with E-state index >= 15 is 0 Å². The first kappa shape index (κ1) is 107. The van der Waals surface area contributed by atoms with Gasteiger partial charge in [0, 0.05) is 0 Å². The molecule has 0 saturated carbocycles. The summed E-state index contributed by atoms with van der Waals surface area (Å²) >= 11 is 0. The van der Waals surface area contributed by atoms with Gasteiger partial charge in [0.2, 0.25) is 0 Å². The van der Waals surface area contributed by atoms with E-state index in [2.05, 4.69) is 0 Å². The molecule has 0 saturated heterocycles. The minimum atomic E-state index is 0. The Kier molecular flexibility index (Phi) is 1150. The van der Waals surface area contributed by atoms with Crippen LogP contribution in [-0.2, 0) is 16.4 Å². The van der Waals surface area contributed by atoms with Crippen molar-refractivity contribution in [2.75, 3.05) is 0 Å². The Hall–Kier alpha value is 2.55. The summed E-state index contributed by atoms with van der Waals surface area (Å²) in [7, 11) is 0. The molecule has 0 heterocycles. The molecule has 0 amide bonds. The Balaban J connectivity index is 0. The quantitative estimate of drug-likeness (QED) is 0.467. The van der Waals surface area contributed by atoms with Gasteiger partial charge in [-0.05, 0) is 0 Å². The van der Waals surface area contributed by atoms with Crippen molar-refractivity contribution in [2.24, 2.45) is 0 Å². The first-order valence-electron chi connectivity index (χ1n) is 0. The predicted molar refractivity (Wildman–Crippen MR) is 9.29 cm³/mol. The molecule has 0 fully saturated rings. The van der Waals surface area contributed by atoms with Gasteiger partial charge in [-0.1, -0.05) is 0 Å². The largest absolute Gasteiger partial charge is 3.00 e. The van der Waals surface area contributed by atoms with Crippen LogP contribution in [0.1, 0.15) is 0 Å². The second-order valence-corrected chi connectivity index (χ2v) is 0. The van der Waals surface area contributed by atoms with E-state index in [9.17, 15) is 0 Å². The Morgan fingerprint density at radius 1 is 0.429 bits per heavy atom. The first-order chi connectivity index (χ1) is 0. The summed E-state index contributed by atoms with van der Waals surface area (Å²) < 4.78 is 0. The van der Waals surface area contributed by atoms with Crippen LogP contribution < -0.4 is 0 Å². The van der Waals surface area contributed by atoms with Gasteiger partial charge >= 0.3 is 83.5 Å². The molecular weight excluding hydrogens is 360 g/mol. The van der Waals surface area contributed by atoms with Crippen LogP contribution in [-0.4, -0.2) is 11.0 Å². The van der Waals surface area contributed by atoms with Gasteiger partial charge in [-0.15, -0.1) is 0 Å². The van der Waals surface area contributed by atoms with Gasteiger partial charge in [-0.2, -0.15) is 0 Å². The molecular formula is H4Ce2O5. The second kappa shape index (κ2) is 74.9. The molecule has 2 radical (unpaired) electrons. The van der Waals surface area contributed by atoms with E-state index in [0.717, 1.165) is 0 Å². The normalized spacial score (nSPS) is 0. The topological polar surface area (TPSA) is 148 Å². The van der Waals surface area contributed by atoms with E-state index in [4.69, 9.17) is 0 Å². The maximum Gasteiger partial charge on any atom is 3.00 e. The van der Waals surface area contributed by atoms with Crippen LogP contribution in [0, 0.1) is 83.5 Å². The van der Waals surface area contributed by atoms with Gasteiger partial charge < -0.3 is 27.4 Å². The van der Waals surface area contributed by atoms with Crippen LogP contribution in [0.3, 0.4) is 0 Å². The average Bonchev–Trinajstić information content (AvgIpc) is 0. The van der Waals surface area contributed by atoms with Gasteiger partial charge in [0.25, 0.3) is 0 Å². The molecule has 0 aromatic heterocycles. The van der Waals surface area contributed by atoms with Crippen molar-refractivity contribution in [3.63, 3.8) is 0 Å². The summed E-state index contributed by atoms with van der Waals surface area (Å²) in [5, 5.41) is 0. The molecule has 0 bridgehead atoms. The van der Waals surface area contributed by atoms with E-state index in [1.54, 1.807) is 0 Å². The molecule has 0 aromatic carbocycles. The van der Waals surface area contributed by atoms with Gasteiger partial charge in [-0.3, -0.25) is 0 Å². The molecule has 0 unspecified atom stereocenters. The molecule has 0 spiro atoms. The Morgan fingerprint density at radius 3 is 0.429 bits per heavy atom. The standard InChI is InChI=1S/2Ce.2H2O.3O/h;;2*1H2;;;/q2*+3;;;3*-2. The van der Waals surface area contributed by atoms with Gasteiger partial charge in [0.15, 0.2) is 0 Å². The monoisotopic (exact) mass is 364 g/mol. The fraction of sp³-hybridized carbons (Fsp3) is 0. The van der Waals surface area contributed by atoms with Crippen LogP contribution in [0.5, 0.6) is 0 Å². The zero-order valence-corrected chi connectivity index (χ0v) is 9.50. The van der Waals surface area contributed by atoms with Crippen molar-refractivity contribution < 1.29 is 111 Å². The predicted octanol–water partition coefficient (Wildman–Crippen LogP) is -2.01. The van der Waals surface area contributed by atoms with E-state index in [1.807, 2.05) is 0 Å². The van der Waals surface area contributed by atoms with Crippen molar-refractivity contribution in [3.8, 4) is 0 Å². The van der Waals surface area contributed by atoms with Crippen LogP contribution >= 0.6 is 0 Å². The summed E-state index contributed by atoms with van der Waals surface area (Å²) in [5.41, 5.74) is 0. The third-order valence-electron chi connectivity index (χ3n) is 0. The molecule has 0 aliphatic rings. The Morgan fingerprint density at radius 2 is 0.429 bits per heavy atom. The number of hydrogen-bond acceptors (Lipinski definition) is 0. The minimum absolute atomic E-state index is 0. The summed E-state index contributed by atoms with van der Waals surface area (Å²) in [6, 6.07) is 0. The third kappa shape index (κ3) is 56.3. The average molecular weight is 364 g/mol. The zero-order valence-electron chi connectivity index (χ0n) is 3.22. The van der Waals surface area contributed by atoms with E-state index < -0.39 is 0 Å². The van der Waals surface area contributed by atoms with Gasteiger partial charge in [-0.25, -0.2) is 0 Å². The zero-order chi connectivity index (χ0) is 0. The summed E-state index contributed by atoms with van der Waals surface area (Å²) in [4.78, 5) is 0. The molecule has 0 rings (SSSR count). The number of rotatable bonds is 0. The Labute approximate surface area is 109 Å². The van der Waals surface area contributed by atoms with Crippen LogP contribution in [0.25, 0.3) is 0 Å². The van der Waals surface area contributed by atoms with Crippen LogP contribution in [0.2, 0.25) is 0 Å². The molecule has 0 aliphatic heterocycles. The maximum atomic E-state index is 0. The third-order valence-corrected chi connectivity index (χ3v) is 0. The summed E-state index contributed by atoms with van der Waals surface area (Å²) in [6.45, 7) is 0. The molecule has 5 nitrogen and oxygen atoms in total. The molecule has 42 valence electrons. The van der Waals surface area contributed by atoms with E-state index in [0.29, 0.717) is 0 Å². The van der Waals surface area contributed by atoms with Crippen molar-refractivity contribution >= 4 is 0 Å². The smallest absolute Gasteiger partial charge is 2.00 e. The minimum Gasteiger partial charge on any atom is -2.00 e. The second-order valence-electron chi connectivity index (χ2n) is 0. The van der Waals surface area contributed by atoms with Crippen LogP contribution in [0.4, 0.5) is 0 Å². The van der Waals surface area contributed by atoms with Crippen molar-refractivity contribution in [3.05, 3.63) is 0 Å². The first-order valence-corrected chi connectivity index (χ1v) is 0. The molecule has 0 aliphatic carbocycles. The van der Waals surface area contributed by atoms with Gasteiger partial charge in [0.05, 0.1) is 0 Å². The van der Waals surface area contributed by atoms with Crippen molar-refractivity contribution in [1.29, 1.82) is 0 Å². The molecule has 0 atom stereocenters. The van der Waals surface area contributed by atoms with Gasteiger partial charge in [0.1, 0.15) is 0 Å². The molecule has 7 heteroatoms. The van der Waals surface area contributed by atoms with Crippen LogP contribution in [0.15, 0.2) is 0 Å². The van der Waals surface area contributed by atoms with E-state index in [1.165, 1.54) is 0 Å². The van der Waals surface area contributed by atoms with Crippen molar-refractivity contribution in [2.45, 2.75) is 0 Å². The van der Waals surface area contributed by atoms with Crippen molar-refractivity contribution in [1.82, 2.24) is 0 Å². The summed E-state index contributed by atoms with van der Waals surface area (Å²) in [6.07, 6.45) is 0. The fourth-order valence-electron chi connectivity index (χ4n) is 0. The fourth-order valence-corrected chi connectivity index (χ4v) is 0. The Bertz CT molecular complexity index is 6.04. The molecule has 4 N–H and O–H groups in total. The SMILES string of the molecule is O.O.[Ce+3].[Ce+3].[O-2].[O-2].[O-2]. The molecule has 0 aromatic rings. The number of hydrogen-bond donors (Lipinski definition) is 0. The summed E-state index contributed by atoms with van der Waals surface area (Å²) in [5.74, 6) is 0. The van der Waals surface area contributed by atoms with E-state index in [-0.39, 0.29) is 111 Å². The molecule has 7 heavy (non-hydrogen) atoms. The maximum absolute atomic E-state index is 0.